The van der Waals surface area contributed by atoms with Crippen molar-refractivity contribution in [3.63, 3.8) is 0 Å². The molecule has 0 spiro atoms. The first kappa shape index (κ1) is 35.0. The summed E-state index contributed by atoms with van der Waals surface area (Å²) in [6.07, 6.45) is 7.21. The van der Waals surface area contributed by atoms with Gasteiger partial charge in [-0.2, -0.15) is 0 Å². The van der Waals surface area contributed by atoms with Crippen molar-refractivity contribution in [2.45, 2.75) is 66.7 Å². The molecule has 5 heteroatoms. The number of aromatic hydroxyl groups is 1. The highest BCUT2D eigenvalue weighted by Crippen LogP contribution is 2.14. The van der Waals surface area contributed by atoms with Gasteiger partial charge in [0, 0.05) is 10.7 Å². The van der Waals surface area contributed by atoms with Gasteiger partial charge in [-0.05, 0) is 89.3 Å². The maximum absolute atomic E-state index is 8.76. The summed E-state index contributed by atoms with van der Waals surface area (Å²) >= 11 is 6.73. The number of aryl methyl sites for hydroxylation is 3. The van der Waals surface area contributed by atoms with Crippen molar-refractivity contribution in [1.82, 2.24) is 0 Å². The van der Waals surface area contributed by atoms with Crippen LogP contribution in [0.25, 0.3) is 0 Å². The van der Waals surface area contributed by atoms with E-state index in [4.69, 9.17) is 14.6 Å². The maximum Gasteiger partial charge on any atom is 0.119 e. The minimum atomic E-state index is 0. The summed E-state index contributed by atoms with van der Waals surface area (Å²) in [5, 5.41) is 11.1. The lowest BCUT2D eigenvalue weighted by atomic mass is 10.2. The number of hydrogen-bond donors (Lipinski definition) is 1. The second-order valence-corrected chi connectivity index (χ2v) is 10.2. The maximum atomic E-state index is 8.76. The monoisotopic (exact) mass is 636 g/mol. The second-order valence-electron chi connectivity index (χ2n) is 8.66. The number of hydrogen-bond acceptors (Lipinski definition) is 3. The number of ether oxygens (including phenoxy) is 2. The van der Waals surface area contributed by atoms with Gasteiger partial charge < -0.3 is 14.6 Å². The molecule has 0 saturated carbocycles. The van der Waals surface area contributed by atoms with E-state index >= 15 is 0 Å². The lowest BCUT2D eigenvalue weighted by Crippen LogP contribution is -2.01. The lowest BCUT2D eigenvalue weighted by molar-refractivity contribution is 0.279. The highest BCUT2D eigenvalue weighted by atomic mass is 79.9. The quantitative estimate of drug-likeness (QED) is 0.159. The molecule has 0 heterocycles. The second kappa shape index (κ2) is 23.2. The third-order valence-electron chi connectivity index (χ3n) is 5.17. The summed E-state index contributed by atoms with van der Waals surface area (Å²) < 4.78 is 11.4. The number of halogens is 2. The summed E-state index contributed by atoms with van der Waals surface area (Å²) in [5.41, 5.74) is 3.69. The first-order valence-corrected chi connectivity index (χ1v) is 15.0. The molecular weight excluding hydrogens is 592 g/mol. The highest BCUT2D eigenvalue weighted by Gasteiger charge is 1.96. The van der Waals surface area contributed by atoms with E-state index in [0.717, 1.165) is 54.6 Å². The van der Waals surface area contributed by atoms with Crippen molar-refractivity contribution in [3.8, 4) is 17.2 Å². The molecular formula is C32H46Br2O3. The average Bonchev–Trinajstić information content (AvgIpc) is 2.88. The molecule has 0 bridgehead atoms. The molecule has 3 aromatic rings. The molecule has 3 aromatic carbocycles. The summed E-state index contributed by atoms with van der Waals surface area (Å²) in [7, 11) is 0. The summed E-state index contributed by atoms with van der Waals surface area (Å²) in [6, 6.07) is 23.5. The van der Waals surface area contributed by atoms with Crippen LogP contribution in [0, 0.1) is 20.8 Å². The van der Waals surface area contributed by atoms with Crippen LogP contribution in [0.15, 0.2) is 72.8 Å². The van der Waals surface area contributed by atoms with Crippen LogP contribution in [0.5, 0.6) is 17.2 Å². The van der Waals surface area contributed by atoms with Crippen LogP contribution < -0.4 is 9.47 Å². The van der Waals surface area contributed by atoms with Crippen LogP contribution in [-0.2, 0) is 0 Å². The van der Waals surface area contributed by atoms with E-state index in [9.17, 15) is 0 Å². The van der Waals surface area contributed by atoms with Crippen LogP contribution >= 0.6 is 31.9 Å². The van der Waals surface area contributed by atoms with E-state index in [-0.39, 0.29) is 7.43 Å². The van der Waals surface area contributed by atoms with Crippen LogP contribution in [0.2, 0.25) is 0 Å². The number of phenols is 1. The first-order valence-electron chi connectivity index (χ1n) is 12.7. The van der Waals surface area contributed by atoms with Crippen LogP contribution in [0.1, 0.15) is 62.6 Å². The molecule has 0 aromatic heterocycles. The van der Waals surface area contributed by atoms with Gasteiger partial charge in [0.2, 0.25) is 0 Å². The van der Waals surface area contributed by atoms with Gasteiger partial charge in [0.05, 0.1) is 13.2 Å². The molecule has 0 saturated heterocycles. The topological polar surface area (TPSA) is 38.7 Å². The molecule has 0 aliphatic heterocycles. The molecule has 1 N–H and O–H groups in total. The van der Waals surface area contributed by atoms with Gasteiger partial charge in [0.1, 0.15) is 17.2 Å². The van der Waals surface area contributed by atoms with Gasteiger partial charge in [-0.3, -0.25) is 0 Å². The Bertz CT molecular complexity index is 820. The van der Waals surface area contributed by atoms with Crippen LogP contribution in [0.4, 0.5) is 0 Å². The van der Waals surface area contributed by atoms with Gasteiger partial charge in [-0.1, -0.05) is 98.8 Å². The predicted octanol–water partition coefficient (Wildman–Crippen LogP) is 10.2. The van der Waals surface area contributed by atoms with Gasteiger partial charge in [0.15, 0.2) is 0 Å². The van der Waals surface area contributed by atoms with Crippen LogP contribution in [-0.4, -0.2) is 29.0 Å². The molecule has 206 valence electrons. The van der Waals surface area contributed by atoms with Crippen molar-refractivity contribution in [2.24, 2.45) is 0 Å². The summed E-state index contributed by atoms with van der Waals surface area (Å²) in [5.74, 6) is 2.24. The van der Waals surface area contributed by atoms with E-state index in [1.807, 2.05) is 43.3 Å². The third-order valence-corrected chi connectivity index (χ3v) is 6.29. The Balaban J connectivity index is 0.000000666. The Labute approximate surface area is 242 Å². The van der Waals surface area contributed by atoms with Crippen molar-refractivity contribution in [3.05, 3.63) is 89.5 Å². The van der Waals surface area contributed by atoms with E-state index in [1.165, 1.54) is 36.0 Å². The Kier molecular flexibility index (Phi) is 21.9. The lowest BCUT2D eigenvalue weighted by Gasteiger charge is -2.08. The SMILES string of the molecule is BrCCCCCBr.C.Cc1ccc(O)cc1.Cc1ccc(OCCCCCOc2ccc(C)cc2)cc1. The number of benzene rings is 3. The zero-order valence-corrected chi connectivity index (χ0v) is 25.2. The third kappa shape index (κ3) is 19.8. The highest BCUT2D eigenvalue weighted by molar-refractivity contribution is 9.09. The largest absolute Gasteiger partial charge is 0.508 e. The number of unbranched alkanes of at least 4 members (excludes halogenated alkanes) is 4. The molecule has 37 heavy (non-hydrogen) atoms. The fourth-order valence-electron chi connectivity index (χ4n) is 2.94. The molecule has 0 fully saturated rings. The molecule has 0 aliphatic rings. The van der Waals surface area contributed by atoms with Gasteiger partial charge in [-0.25, -0.2) is 0 Å². The van der Waals surface area contributed by atoms with Crippen molar-refractivity contribution >= 4 is 31.9 Å². The first-order chi connectivity index (χ1) is 17.4. The molecule has 0 atom stereocenters. The number of alkyl halides is 2. The summed E-state index contributed by atoms with van der Waals surface area (Å²) in [6.45, 7) is 7.69. The minimum Gasteiger partial charge on any atom is -0.508 e. The zero-order valence-electron chi connectivity index (χ0n) is 22.0. The van der Waals surface area contributed by atoms with E-state index in [0.29, 0.717) is 5.75 Å². The molecule has 0 aliphatic carbocycles. The molecule has 3 nitrogen and oxygen atoms in total. The standard InChI is InChI=1S/C19H24O2.C7H8O.C5H10Br2.CH4/c1-16-6-10-18(11-7-16)20-14-4-3-5-15-21-19-12-8-17(2)9-13-19;1-6-2-4-7(8)5-3-6;6-4-2-1-3-5-7;/h6-13H,3-5,14-15H2,1-2H3;2-5,8H,1H3;1-5H2;1H4. The fraction of sp³-hybridized carbons (Fsp3) is 0.438. The Morgan fingerprint density at radius 2 is 0.838 bits per heavy atom. The predicted molar refractivity (Wildman–Crippen MR) is 168 cm³/mol. The Morgan fingerprint density at radius 3 is 1.16 bits per heavy atom. The van der Waals surface area contributed by atoms with E-state index in [1.54, 1.807) is 12.1 Å². The number of rotatable bonds is 12. The molecule has 0 unspecified atom stereocenters. The van der Waals surface area contributed by atoms with Crippen molar-refractivity contribution in [1.29, 1.82) is 0 Å². The van der Waals surface area contributed by atoms with Gasteiger partial charge >= 0.3 is 0 Å². The summed E-state index contributed by atoms with van der Waals surface area (Å²) in [4.78, 5) is 0. The average molecular weight is 639 g/mol. The normalized spacial score (nSPS) is 9.65. The van der Waals surface area contributed by atoms with Gasteiger partial charge in [-0.15, -0.1) is 0 Å². The fourth-order valence-corrected chi connectivity index (χ4v) is 3.73. The van der Waals surface area contributed by atoms with Crippen molar-refractivity contribution in [2.75, 3.05) is 23.9 Å². The molecule has 3 rings (SSSR count). The van der Waals surface area contributed by atoms with E-state index < -0.39 is 0 Å². The van der Waals surface area contributed by atoms with Crippen molar-refractivity contribution < 1.29 is 14.6 Å². The van der Waals surface area contributed by atoms with Crippen LogP contribution in [0.3, 0.4) is 0 Å². The minimum absolute atomic E-state index is 0. The number of phenolic OH excluding ortho intramolecular Hbond substituents is 1. The Hall–Kier alpha value is -1.98. The molecule has 0 radical (unpaired) electrons. The molecule has 0 amide bonds. The Morgan fingerprint density at radius 1 is 0.514 bits per heavy atom. The smallest absolute Gasteiger partial charge is 0.119 e. The van der Waals surface area contributed by atoms with E-state index in [2.05, 4.69) is 70.0 Å². The van der Waals surface area contributed by atoms with Gasteiger partial charge in [0.25, 0.3) is 0 Å². The zero-order chi connectivity index (χ0) is 26.4.